The molecule has 1 aromatic heterocycles. The number of H-pyrrole nitrogens is 1. The van der Waals surface area contributed by atoms with Crippen LogP contribution in [0.3, 0.4) is 0 Å². The summed E-state index contributed by atoms with van der Waals surface area (Å²) in [5.41, 5.74) is 0.453. The predicted octanol–water partition coefficient (Wildman–Crippen LogP) is 0.665. The van der Waals surface area contributed by atoms with Gasteiger partial charge in [0.05, 0.1) is 5.60 Å². The minimum Gasteiger partial charge on any atom is -0.385 e. The Balaban J connectivity index is 2.53. The SMILES string of the molecule is Cc1cc(=O)c(C2(O)CC2)c[nH]1. The van der Waals surface area contributed by atoms with Crippen molar-refractivity contribution in [3.8, 4) is 0 Å². The molecule has 64 valence electrons. The lowest BCUT2D eigenvalue weighted by Gasteiger charge is -2.05. The fraction of sp³-hybridized carbons (Fsp3) is 0.444. The fourth-order valence-corrected chi connectivity index (χ4v) is 1.32. The number of pyridine rings is 1. The third-order valence-electron chi connectivity index (χ3n) is 2.28. The molecule has 0 amide bonds. The number of aromatic amines is 1. The van der Waals surface area contributed by atoms with Crippen LogP contribution in [0.1, 0.15) is 24.1 Å². The lowest BCUT2D eigenvalue weighted by atomic mass is 10.1. The highest BCUT2D eigenvalue weighted by Gasteiger charge is 2.43. The van der Waals surface area contributed by atoms with Crippen molar-refractivity contribution < 1.29 is 5.11 Å². The van der Waals surface area contributed by atoms with E-state index in [4.69, 9.17) is 0 Å². The van der Waals surface area contributed by atoms with Crippen LogP contribution in [0, 0.1) is 6.92 Å². The summed E-state index contributed by atoms with van der Waals surface area (Å²) >= 11 is 0. The minimum atomic E-state index is -0.818. The summed E-state index contributed by atoms with van der Waals surface area (Å²) in [6.07, 6.45) is 3.03. The first kappa shape index (κ1) is 7.55. The zero-order chi connectivity index (χ0) is 8.77. The molecule has 0 saturated heterocycles. The maximum atomic E-state index is 11.3. The van der Waals surface area contributed by atoms with E-state index >= 15 is 0 Å². The average molecular weight is 165 g/mol. The van der Waals surface area contributed by atoms with E-state index in [1.165, 1.54) is 6.07 Å². The van der Waals surface area contributed by atoms with E-state index in [1.54, 1.807) is 6.20 Å². The molecule has 3 nitrogen and oxygen atoms in total. The monoisotopic (exact) mass is 165 g/mol. The lowest BCUT2D eigenvalue weighted by molar-refractivity contribution is 0.150. The van der Waals surface area contributed by atoms with Crippen LogP contribution in [0.5, 0.6) is 0 Å². The number of aromatic nitrogens is 1. The summed E-state index contributed by atoms with van der Waals surface area (Å²) in [5.74, 6) is 0. The summed E-state index contributed by atoms with van der Waals surface area (Å²) < 4.78 is 0. The molecule has 12 heavy (non-hydrogen) atoms. The van der Waals surface area contributed by atoms with Gasteiger partial charge in [0.2, 0.25) is 0 Å². The number of aliphatic hydroxyl groups is 1. The van der Waals surface area contributed by atoms with Crippen LogP contribution in [0.4, 0.5) is 0 Å². The predicted molar refractivity (Wildman–Crippen MR) is 44.9 cm³/mol. The van der Waals surface area contributed by atoms with E-state index in [1.807, 2.05) is 6.92 Å². The summed E-state index contributed by atoms with van der Waals surface area (Å²) in [5, 5.41) is 9.65. The maximum absolute atomic E-state index is 11.3. The number of aryl methyl sites for hydroxylation is 1. The Morgan fingerprint density at radius 2 is 2.25 bits per heavy atom. The second kappa shape index (κ2) is 2.20. The molecule has 1 fully saturated rings. The smallest absolute Gasteiger partial charge is 0.187 e. The molecule has 0 radical (unpaired) electrons. The number of hydrogen-bond acceptors (Lipinski definition) is 2. The summed E-state index contributed by atoms with van der Waals surface area (Å²) in [6, 6.07) is 1.52. The molecule has 2 rings (SSSR count). The normalized spacial score (nSPS) is 19.2. The van der Waals surface area contributed by atoms with E-state index in [0.29, 0.717) is 18.4 Å². The highest BCUT2D eigenvalue weighted by molar-refractivity contribution is 5.25. The number of hydrogen-bond donors (Lipinski definition) is 2. The van der Waals surface area contributed by atoms with Gasteiger partial charge in [-0.2, -0.15) is 0 Å². The summed E-state index contributed by atoms with van der Waals surface area (Å²) in [7, 11) is 0. The minimum absolute atomic E-state index is 0.0637. The molecule has 0 unspecified atom stereocenters. The molecule has 3 heteroatoms. The highest BCUT2D eigenvalue weighted by atomic mass is 16.3. The van der Waals surface area contributed by atoms with Crippen molar-refractivity contribution in [2.24, 2.45) is 0 Å². The van der Waals surface area contributed by atoms with Gasteiger partial charge in [0, 0.05) is 23.5 Å². The molecule has 0 bridgehead atoms. The second-order valence-corrected chi connectivity index (χ2v) is 3.43. The number of nitrogens with one attached hydrogen (secondary N) is 1. The van der Waals surface area contributed by atoms with Crippen LogP contribution in [0.15, 0.2) is 17.1 Å². The van der Waals surface area contributed by atoms with Crippen LogP contribution in [-0.4, -0.2) is 10.1 Å². The first-order valence-corrected chi connectivity index (χ1v) is 4.04. The van der Waals surface area contributed by atoms with E-state index in [9.17, 15) is 9.90 Å². The van der Waals surface area contributed by atoms with Crippen molar-refractivity contribution in [3.05, 3.63) is 33.7 Å². The van der Waals surface area contributed by atoms with Crippen molar-refractivity contribution in [1.29, 1.82) is 0 Å². The first-order valence-electron chi connectivity index (χ1n) is 4.04. The van der Waals surface area contributed by atoms with Gasteiger partial charge in [-0.1, -0.05) is 0 Å². The molecule has 1 heterocycles. The molecule has 1 aliphatic rings. The van der Waals surface area contributed by atoms with Gasteiger partial charge >= 0.3 is 0 Å². The van der Waals surface area contributed by atoms with Crippen molar-refractivity contribution in [2.45, 2.75) is 25.4 Å². The quantitative estimate of drug-likeness (QED) is 0.642. The largest absolute Gasteiger partial charge is 0.385 e. The van der Waals surface area contributed by atoms with Crippen molar-refractivity contribution >= 4 is 0 Å². The van der Waals surface area contributed by atoms with Crippen LogP contribution in [-0.2, 0) is 5.60 Å². The molecule has 1 aromatic rings. The number of rotatable bonds is 1. The van der Waals surface area contributed by atoms with Gasteiger partial charge in [0.1, 0.15) is 0 Å². The van der Waals surface area contributed by atoms with E-state index in [2.05, 4.69) is 4.98 Å². The molecule has 0 spiro atoms. The van der Waals surface area contributed by atoms with Crippen LogP contribution >= 0.6 is 0 Å². The van der Waals surface area contributed by atoms with Gasteiger partial charge in [0.15, 0.2) is 5.43 Å². The van der Waals surface area contributed by atoms with Gasteiger partial charge in [-0.3, -0.25) is 4.79 Å². The van der Waals surface area contributed by atoms with E-state index in [0.717, 1.165) is 5.69 Å². The van der Waals surface area contributed by atoms with Gasteiger partial charge in [-0.15, -0.1) is 0 Å². The van der Waals surface area contributed by atoms with Gasteiger partial charge in [0.25, 0.3) is 0 Å². The maximum Gasteiger partial charge on any atom is 0.187 e. The van der Waals surface area contributed by atoms with E-state index in [-0.39, 0.29) is 5.43 Å². The zero-order valence-corrected chi connectivity index (χ0v) is 6.92. The van der Waals surface area contributed by atoms with Crippen molar-refractivity contribution in [3.63, 3.8) is 0 Å². The van der Waals surface area contributed by atoms with Crippen molar-refractivity contribution in [1.82, 2.24) is 4.98 Å². The Morgan fingerprint density at radius 1 is 1.58 bits per heavy atom. The highest BCUT2D eigenvalue weighted by Crippen LogP contribution is 2.43. The molecule has 1 saturated carbocycles. The topological polar surface area (TPSA) is 53.1 Å². The summed E-state index contributed by atoms with van der Waals surface area (Å²) in [4.78, 5) is 14.3. The zero-order valence-electron chi connectivity index (χ0n) is 6.92. The second-order valence-electron chi connectivity index (χ2n) is 3.43. The standard InChI is InChI=1S/C9H11NO2/c1-6-4-8(11)7(5-10-6)9(12)2-3-9/h4-5,12H,2-3H2,1H3,(H,10,11). The molecule has 2 N–H and O–H groups in total. The molecule has 0 aliphatic heterocycles. The summed E-state index contributed by atoms with van der Waals surface area (Å²) in [6.45, 7) is 1.82. The average Bonchev–Trinajstić information content (AvgIpc) is 2.68. The van der Waals surface area contributed by atoms with E-state index < -0.39 is 5.60 Å². The third kappa shape index (κ3) is 1.06. The Morgan fingerprint density at radius 3 is 2.75 bits per heavy atom. The molecular weight excluding hydrogens is 154 g/mol. The third-order valence-corrected chi connectivity index (χ3v) is 2.28. The van der Waals surface area contributed by atoms with Crippen molar-refractivity contribution in [2.75, 3.05) is 0 Å². The Hall–Kier alpha value is -1.09. The molecule has 0 aromatic carbocycles. The fourth-order valence-electron chi connectivity index (χ4n) is 1.32. The van der Waals surface area contributed by atoms with Crippen LogP contribution in [0.2, 0.25) is 0 Å². The van der Waals surface area contributed by atoms with Gasteiger partial charge in [-0.05, 0) is 19.8 Å². The molecule has 1 aliphatic carbocycles. The Kier molecular flexibility index (Phi) is 1.38. The van der Waals surface area contributed by atoms with Crippen LogP contribution < -0.4 is 5.43 Å². The van der Waals surface area contributed by atoms with Crippen LogP contribution in [0.25, 0.3) is 0 Å². The Bertz CT molecular complexity index is 363. The first-order chi connectivity index (χ1) is 5.62. The molecular formula is C9H11NO2. The molecule has 0 atom stereocenters. The lowest BCUT2D eigenvalue weighted by Crippen LogP contribution is -2.18. The van der Waals surface area contributed by atoms with Gasteiger partial charge < -0.3 is 10.1 Å². The van der Waals surface area contributed by atoms with Gasteiger partial charge in [-0.25, -0.2) is 0 Å². The Labute approximate surface area is 70.1 Å².